The summed E-state index contributed by atoms with van der Waals surface area (Å²) in [5, 5.41) is 0. The molecule has 0 spiro atoms. The summed E-state index contributed by atoms with van der Waals surface area (Å²) in [6, 6.07) is 6.34. The number of hydrogen-bond donors (Lipinski definition) is 0. The van der Waals surface area contributed by atoms with Gasteiger partial charge in [-0.25, -0.2) is 0 Å². The first-order valence-corrected chi connectivity index (χ1v) is 3.65. The van der Waals surface area contributed by atoms with E-state index in [1.807, 2.05) is 0 Å². The van der Waals surface area contributed by atoms with Crippen LogP contribution in [-0.4, -0.2) is 0 Å². The molecule has 10 heavy (non-hydrogen) atoms. The standard InChI is InChI=1S/C10H13/c1-4-10-6-5-8(2)7-9(10)3/h5-7H,2,4H2,1,3H3. The smallest absolute Gasteiger partial charge is 0.0238 e. The molecule has 0 saturated carbocycles. The molecule has 0 nitrogen and oxygen atoms in total. The molecule has 1 aromatic rings. The lowest BCUT2D eigenvalue weighted by Gasteiger charge is -2.02. The summed E-state index contributed by atoms with van der Waals surface area (Å²) in [5.41, 5.74) is 3.89. The van der Waals surface area contributed by atoms with Crippen molar-refractivity contribution in [1.82, 2.24) is 0 Å². The molecule has 0 aromatic heterocycles. The van der Waals surface area contributed by atoms with Gasteiger partial charge in [-0.15, -0.1) is 0 Å². The largest absolute Gasteiger partial charge is 0.0613 e. The van der Waals surface area contributed by atoms with Crippen molar-refractivity contribution in [2.24, 2.45) is 0 Å². The molecule has 0 atom stereocenters. The first-order valence-electron chi connectivity index (χ1n) is 3.65. The van der Waals surface area contributed by atoms with E-state index in [1.165, 1.54) is 11.1 Å². The van der Waals surface area contributed by atoms with Gasteiger partial charge in [0, 0.05) is 0 Å². The van der Waals surface area contributed by atoms with Crippen LogP contribution in [0.2, 0.25) is 0 Å². The van der Waals surface area contributed by atoms with E-state index in [2.05, 4.69) is 39.0 Å². The summed E-state index contributed by atoms with van der Waals surface area (Å²) in [7, 11) is 0. The molecule has 0 aliphatic heterocycles. The van der Waals surface area contributed by atoms with Crippen molar-refractivity contribution < 1.29 is 0 Å². The second-order valence-corrected chi connectivity index (χ2v) is 2.61. The average molecular weight is 133 g/mol. The van der Waals surface area contributed by atoms with E-state index in [0.29, 0.717) is 0 Å². The van der Waals surface area contributed by atoms with Gasteiger partial charge in [-0.05, 0) is 37.0 Å². The van der Waals surface area contributed by atoms with Gasteiger partial charge in [0.05, 0.1) is 0 Å². The van der Waals surface area contributed by atoms with E-state index < -0.39 is 0 Å². The highest BCUT2D eigenvalue weighted by atomic mass is 14.0. The molecule has 1 rings (SSSR count). The molecule has 0 bridgehead atoms. The molecule has 0 heteroatoms. The van der Waals surface area contributed by atoms with Crippen LogP contribution in [-0.2, 0) is 6.42 Å². The fourth-order valence-electron chi connectivity index (χ4n) is 1.15. The van der Waals surface area contributed by atoms with Crippen LogP contribution in [0.1, 0.15) is 23.6 Å². The molecular formula is C10H13. The van der Waals surface area contributed by atoms with Crippen LogP contribution < -0.4 is 0 Å². The van der Waals surface area contributed by atoms with E-state index in [9.17, 15) is 0 Å². The minimum Gasteiger partial charge on any atom is -0.0613 e. The van der Waals surface area contributed by atoms with Gasteiger partial charge in [-0.2, -0.15) is 0 Å². The zero-order valence-electron chi connectivity index (χ0n) is 6.65. The molecule has 0 fully saturated rings. The molecule has 0 aliphatic carbocycles. The van der Waals surface area contributed by atoms with Crippen molar-refractivity contribution in [2.45, 2.75) is 20.3 Å². The third-order valence-corrected chi connectivity index (χ3v) is 1.79. The molecule has 0 aliphatic rings. The van der Waals surface area contributed by atoms with Gasteiger partial charge in [-0.3, -0.25) is 0 Å². The van der Waals surface area contributed by atoms with Crippen LogP contribution in [0.25, 0.3) is 0 Å². The second kappa shape index (κ2) is 2.87. The van der Waals surface area contributed by atoms with Crippen LogP contribution in [0.3, 0.4) is 0 Å². The predicted molar refractivity (Wildman–Crippen MR) is 45.0 cm³/mol. The van der Waals surface area contributed by atoms with E-state index in [1.54, 1.807) is 0 Å². The highest BCUT2D eigenvalue weighted by Crippen LogP contribution is 2.10. The molecule has 1 aromatic carbocycles. The fraction of sp³-hybridized carbons (Fsp3) is 0.300. The number of hydrogen-bond acceptors (Lipinski definition) is 0. The topological polar surface area (TPSA) is 0 Å². The SMILES string of the molecule is [CH2]c1ccc(CC)c(C)c1. The van der Waals surface area contributed by atoms with Gasteiger partial charge in [-0.1, -0.05) is 25.1 Å². The zero-order valence-corrected chi connectivity index (χ0v) is 6.65. The molecule has 0 heterocycles. The Kier molecular flexibility index (Phi) is 2.10. The highest BCUT2D eigenvalue weighted by molar-refractivity contribution is 5.32. The van der Waals surface area contributed by atoms with E-state index >= 15 is 0 Å². The Morgan fingerprint density at radius 2 is 2.10 bits per heavy atom. The van der Waals surface area contributed by atoms with Crippen LogP contribution in [0, 0.1) is 13.8 Å². The third-order valence-electron chi connectivity index (χ3n) is 1.79. The van der Waals surface area contributed by atoms with Gasteiger partial charge >= 0.3 is 0 Å². The zero-order chi connectivity index (χ0) is 7.56. The summed E-state index contributed by atoms with van der Waals surface area (Å²) in [5.74, 6) is 0. The normalized spacial score (nSPS) is 9.90. The lowest BCUT2D eigenvalue weighted by atomic mass is 10.0. The van der Waals surface area contributed by atoms with Crippen LogP contribution in [0.5, 0.6) is 0 Å². The predicted octanol–water partition coefficient (Wildman–Crippen LogP) is 2.74. The fourth-order valence-corrected chi connectivity index (χ4v) is 1.15. The summed E-state index contributed by atoms with van der Waals surface area (Å²) in [4.78, 5) is 0. The number of rotatable bonds is 1. The van der Waals surface area contributed by atoms with Crippen molar-refractivity contribution in [1.29, 1.82) is 0 Å². The quantitative estimate of drug-likeness (QED) is 0.552. The average Bonchev–Trinajstić information content (AvgIpc) is 1.88. The Morgan fingerprint density at radius 1 is 1.40 bits per heavy atom. The van der Waals surface area contributed by atoms with Crippen LogP contribution >= 0.6 is 0 Å². The molecule has 1 radical (unpaired) electrons. The second-order valence-electron chi connectivity index (χ2n) is 2.61. The van der Waals surface area contributed by atoms with Gasteiger partial charge in [0.25, 0.3) is 0 Å². The lowest BCUT2D eigenvalue weighted by Crippen LogP contribution is -1.85. The van der Waals surface area contributed by atoms with Crippen molar-refractivity contribution in [2.75, 3.05) is 0 Å². The van der Waals surface area contributed by atoms with Gasteiger partial charge in [0.1, 0.15) is 0 Å². The van der Waals surface area contributed by atoms with Crippen molar-refractivity contribution in [3.05, 3.63) is 41.8 Å². The van der Waals surface area contributed by atoms with Crippen LogP contribution in [0.15, 0.2) is 18.2 Å². The van der Waals surface area contributed by atoms with E-state index in [4.69, 9.17) is 0 Å². The summed E-state index contributed by atoms with van der Waals surface area (Å²) >= 11 is 0. The monoisotopic (exact) mass is 133 g/mol. The minimum atomic E-state index is 1.11. The first kappa shape index (κ1) is 7.33. The maximum absolute atomic E-state index is 3.86. The minimum absolute atomic E-state index is 1.11. The highest BCUT2D eigenvalue weighted by Gasteiger charge is 1.93. The molecule has 0 N–H and O–H groups in total. The maximum Gasteiger partial charge on any atom is -0.0238 e. The van der Waals surface area contributed by atoms with Crippen molar-refractivity contribution in [3.63, 3.8) is 0 Å². The molecule has 53 valence electrons. The number of aryl methyl sites for hydroxylation is 2. The van der Waals surface area contributed by atoms with Gasteiger partial charge in [0.15, 0.2) is 0 Å². The maximum atomic E-state index is 3.86. The first-order chi connectivity index (χ1) is 4.74. The number of benzene rings is 1. The molecular weight excluding hydrogens is 120 g/mol. The Bertz CT molecular complexity index is 223. The Balaban J connectivity index is 3.07. The summed E-state index contributed by atoms with van der Waals surface area (Å²) in [6.07, 6.45) is 1.12. The lowest BCUT2D eigenvalue weighted by molar-refractivity contribution is 1.11. The molecule has 0 unspecified atom stereocenters. The van der Waals surface area contributed by atoms with Crippen LogP contribution in [0.4, 0.5) is 0 Å². The Labute approximate surface area is 62.9 Å². The van der Waals surface area contributed by atoms with Crippen molar-refractivity contribution in [3.8, 4) is 0 Å². The molecule has 0 saturated heterocycles. The Hall–Kier alpha value is -0.780. The van der Waals surface area contributed by atoms with E-state index in [-0.39, 0.29) is 0 Å². The summed E-state index contributed by atoms with van der Waals surface area (Å²) < 4.78 is 0. The van der Waals surface area contributed by atoms with Gasteiger partial charge < -0.3 is 0 Å². The van der Waals surface area contributed by atoms with E-state index in [0.717, 1.165) is 12.0 Å². The molecule has 0 amide bonds. The third kappa shape index (κ3) is 1.38. The summed E-state index contributed by atoms with van der Waals surface area (Å²) in [6.45, 7) is 8.16. The van der Waals surface area contributed by atoms with Gasteiger partial charge in [0.2, 0.25) is 0 Å². The van der Waals surface area contributed by atoms with Crippen molar-refractivity contribution >= 4 is 0 Å². The Morgan fingerprint density at radius 3 is 2.60 bits per heavy atom.